The molecule has 0 radical (unpaired) electrons. The standard InChI is InChI=1S/C18H26ClNO4S/c1-18(2,3)24-17(21)20-12-16(25(4,22)23)10-9-15(20)11-13-5-7-14(19)8-6-13/h5-8,15-16H,9-12H2,1-4H3/t15-,16-/m1/s1. The van der Waals surface area contributed by atoms with Crippen molar-refractivity contribution >= 4 is 27.5 Å². The average Bonchev–Trinajstić information content (AvgIpc) is 2.47. The lowest BCUT2D eigenvalue weighted by atomic mass is 9.96. The highest BCUT2D eigenvalue weighted by atomic mass is 35.5. The molecule has 1 saturated heterocycles. The monoisotopic (exact) mass is 387 g/mol. The van der Waals surface area contributed by atoms with Gasteiger partial charge in [0.1, 0.15) is 5.60 Å². The normalized spacial score (nSPS) is 21.9. The molecule has 0 N–H and O–H groups in total. The Kier molecular flexibility index (Phi) is 6.05. The molecule has 0 saturated carbocycles. The Morgan fingerprint density at radius 1 is 1.24 bits per heavy atom. The maximum atomic E-state index is 12.6. The molecule has 2 rings (SSSR count). The van der Waals surface area contributed by atoms with Crippen molar-refractivity contribution in [1.29, 1.82) is 0 Å². The van der Waals surface area contributed by atoms with E-state index in [1.807, 2.05) is 24.3 Å². The summed E-state index contributed by atoms with van der Waals surface area (Å²) in [5, 5.41) is 0.120. The summed E-state index contributed by atoms with van der Waals surface area (Å²) in [5.74, 6) is 0. The maximum absolute atomic E-state index is 12.6. The van der Waals surface area contributed by atoms with Gasteiger partial charge in [0.2, 0.25) is 0 Å². The zero-order valence-corrected chi connectivity index (χ0v) is 16.7. The third-order valence-electron chi connectivity index (χ3n) is 4.28. The fraction of sp³-hybridized carbons (Fsp3) is 0.611. The van der Waals surface area contributed by atoms with E-state index in [1.54, 1.807) is 25.7 Å². The number of hydrogen-bond donors (Lipinski definition) is 0. The van der Waals surface area contributed by atoms with Crippen molar-refractivity contribution in [3.05, 3.63) is 34.9 Å². The lowest BCUT2D eigenvalue weighted by molar-refractivity contribution is 0.0104. The van der Waals surface area contributed by atoms with Gasteiger partial charge in [-0.1, -0.05) is 23.7 Å². The third-order valence-corrected chi connectivity index (χ3v) is 6.13. The van der Waals surface area contributed by atoms with Gasteiger partial charge in [-0.3, -0.25) is 0 Å². The van der Waals surface area contributed by atoms with E-state index >= 15 is 0 Å². The number of halogens is 1. The van der Waals surface area contributed by atoms with Gasteiger partial charge in [-0.05, 0) is 57.7 Å². The Balaban J connectivity index is 2.20. The summed E-state index contributed by atoms with van der Waals surface area (Å²) < 4.78 is 29.4. The maximum Gasteiger partial charge on any atom is 0.410 e. The minimum Gasteiger partial charge on any atom is -0.444 e. The van der Waals surface area contributed by atoms with E-state index in [9.17, 15) is 13.2 Å². The molecule has 0 aromatic heterocycles. The predicted octanol–water partition coefficient (Wildman–Crippen LogP) is 3.70. The molecule has 0 bridgehead atoms. The van der Waals surface area contributed by atoms with Gasteiger partial charge in [0.15, 0.2) is 9.84 Å². The molecular weight excluding hydrogens is 362 g/mol. The van der Waals surface area contributed by atoms with Crippen LogP contribution in [-0.4, -0.2) is 49.1 Å². The van der Waals surface area contributed by atoms with Gasteiger partial charge in [0.25, 0.3) is 0 Å². The van der Waals surface area contributed by atoms with Crippen molar-refractivity contribution in [1.82, 2.24) is 4.90 Å². The highest BCUT2D eigenvalue weighted by Gasteiger charge is 2.37. The first-order valence-electron chi connectivity index (χ1n) is 8.38. The molecule has 7 heteroatoms. The van der Waals surface area contributed by atoms with Crippen LogP contribution in [0, 0.1) is 0 Å². The summed E-state index contributed by atoms with van der Waals surface area (Å²) in [5.41, 5.74) is 0.431. The molecule has 140 valence electrons. The number of hydrogen-bond acceptors (Lipinski definition) is 4. The minimum atomic E-state index is -3.20. The number of benzene rings is 1. The fourth-order valence-corrected chi connectivity index (χ4v) is 4.11. The van der Waals surface area contributed by atoms with E-state index in [1.165, 1.54) is 6.26 Å². The number of ether oxygens (including phenoxy) is 1. The van der Waals surface area contributed by atoms with E-state index in [2.05, 4.69) is 0 Å². The second kappa shape index (κ2) is 7.54. The SMILES string of the molecule is CC(C)(C)OC(=O)N1C[C@H](S(C)(=O)=O)CC[C@@H]1Cc1ccc(Cl)cc1. The van der Waals surface area contributed by atoms with Crippen LogP contribution in [0.3, 0.4) is 0 Å². The first-order chi connectivity index (χ1) is 11.5. The second-order valence-electron chi connectivity index (χ2n) is 7.65. The molecule has 1 aromatic carbocycles. The number of sulfone groups is 1. The van der Waals surface area contributed by atoms with E-state index in [-0.39, 0.29) is 12.6 Å². The van der Waals surface area contributed by atoms with Crippen LogP contribution < -0.4 is 0 Å². The number of carbonyl (C=O) groups excluding carboxylic acids is 1. The van der Waals surface area contributed by atoms with Gasteiger partial charge in [0, 0.05) is 23.9 Å². The van der Waals surface area contributed by atoms with Crippen LogP contribution in [0.15, 0.2) is 24.3 Å². The molecule has 5 nitrogen and oxygen atoms in total. The highest BCUT2D eigenvalue weighted by molar-refractivity contribution is 7.91. The zero-order chi connectivity index (χ0) is 18.8. The van der Waals surface area contributed by atoms with E-state index in [0.29, 0.717) is 24.3 Å². The molecule has 1 aromatic rings. The lowest BCUT2D eigenvalue weighted by Gasteiger charge is -2.39. The van der Waals surface area contributed by atoms with Crippen molar-refractivity contribution in [3.8, 4) is 0 Å². The van der Waals surface area contributed by atoms with Gasteiger partial charge in [-0.25, -0.2) is 13.2 Å². The molecule has 25 heavy (non-hydrogen) atoms. The number of piperidine rings is 1. The Morgan fingerprint density at radius 2 is 1.84 bits per heavy atom. The Labute approximate surface area is 155 Å². The average molecular weight is 388 g/mol. The number of nitrogens with zero attached hydrogens (tertiary/aromatic N) is 1. The van der Waals surface area contributed by atoms with Gasteiger partial charge in [-0.2, -0.15) is 0 Å². The van der Waals surface area contributed by atoms with Gasteiger partial charge >= 0.3 is 6.09 Å². The lowest BCUT2D eigenvalue weighted by Crippen LogP contribution is -2.52. The van der Waals surface area contributed by atoms with Crippen LogP contribution in [0.2, 0.25) is 5.02 Å². The molecule has 2 atom stereocenters. The molecule has 1 aliphatic rings. The Morgan fingerprint density at radius 3 is 2.36 bits per heavy atom. The second-order valence-corrected chi connectivity index (χ2v) is 10.4. The molecule has 1 heterocycles. The molecule has 0 aliphatic carbocycles. The smallest absolute Gasteiger partial charge is 0.410 e. The summed E-state index contributed by atoms with van der Waals surface area (Å²) in [7, 11) is -3.20. The molecule has 1 aliphatic heterocycles. The van der Waals surface area contributed by atoms with Crippen molar-refractivity contribution in [2.75, 3.05) is 12.8 Å². The number of carbonyl (C=O) groups is 1. The quantitative estimate of drug-likeness (QED) is 0.793. The largest absolute Gasteiger partial charge is 0.444 e. The molecule has 1 fully saturated rings. The van der Waals surface area contributed by atoms with E-state index in [0.717, 1.165) is 5.56 Å². The topological polar surface area (TPSA) is 63.7 Å². The fourth-order valence-electron chi connectivity index (χ4n) is 2.99. The number of amides is 1. The van der Waals surface area contributed by atoms with E-state index in [4.69, 9.17) is 16.3 Å². The third kappa shape index (κ3) is 5.89. The van der Waals surface area contributed by atoms with Crippen molar-refractivity contribution in [2.45, 2.75) is 56.9 Å². The Bertz CT molecular complexity index is 710. The molecule has 0 unspecified atom stereocenters. The van der Waals surface area contributed by atoms with Gasteiger partial charge < -0.3 is 9.64 Å². The van der Waals surface area contributed by atoms with E-state index < -0.39 is 26.8 Å². The summed E-state index contributed by atoms with van der Waals surface area (Å²) >= 11 is 5.92. The minimum absolute atomic E-state index is 0.0889. The van der Waals surface area contributed by atoms with Crippen LogP contribution in [0.1, 0.15) is 39.2 Å². The molecule has 1 amide bonds. The van der Waals surface area contributed by atoms with Crippen LogP contribution in [0.5, 0.6) is 0 Å². The van der Waals surface area contributed by atoms with Crippen LogP contribution in [0.25, 0.3) is 0 Å². The van der Waals surface area contributed by atoms with Crippen LogP contribution in [-0.2, 0) is 21.0 Å². The first kappa shape index (κ1) is 20.0. The van der Waals surface area contributed by atoms with Crippen LogP contribution >= 0.6 is 11.6 Å². The van der Waals surface area contributed by atoms with Gasteiger partial charge in [0.05, 0.1) is 5.25 Å². The summed E-state index contributed by atoms with van der Waals surface area (Å²) in [6, 6.07) is 7.40. The van der Waals surface area contributed by atoms with Crippen LogP contribution in [0.4, 0.5) is 4.79 Å². The Hall–Kier alpha value is -1.27. The van der Waals surface area contributed by atoms with Crippen molar-refractivity contribution in [2.24, 2.45) is 0 Å². The summed E-state index contributed by atoms with van der Waals surface area (Å²) in [6.07, 6.45) is 2.59. The number of likely N-dealkylation sites (tertiary alicyclic amines) is 1. The van der Waals surface area contributed by atoms with Crippen molar-refractivity contribution in [3.63, 3.8) is 0 Å². The van der Waals surface area contributed by atoms with Gasteiger partial charge in [-0.15, -0.1) is 0 Å². The zero-order valence-electron chi connectivity index (χ0n) is 15.2. The highest BCUT2D eigenvalue weighted by Crippen LogP contribution is 2.27. The molecule has 0 spiro atoms. The predicted molar refractivity (Wildman–Crippen MR) is 99.7 cm³/mol. The molecular formula is C18H26ClNO4S. The number of rotatable bonds is 3. The summed E-state index contributed by atoms with van der Waals surface area (Å²) in [4.78, 5) is 14.2. The first-order valence-corrected chi connectivity index (χ1v) is 10.7. The summed E-state index contributed by atoms with van der Waals surface area (Å²) in [6.45, 7) is 5.58. The van der Waals surface area contributed by atoms with Crippen molar-refractivity contribution < 1.29 is 17.9 Å².